The monoisotopic (exact) mass is 469 g/mol. The Morgan fingerprint density at radius 3 is 2.30 bits per heavy atom. The molecule has 2 aliphatic rings. The standard InChI is InChI=1S/C20H27N3O4S3/c1-22(2)30(26,27)19-14-16(15-28-19)29(24,25)21-17-6-3-4-7-18(17)23-12-10-20(11-13-23)8-5-9-20/h3-4,6-7,14-15,21H,5,8-13H2,1-2H3. The summed E-state index contributed by atoms with van der Waals surface area (Å²) in [6.45, 7) is 1.84. The summed E-state index contributed by atoms with van der Waals surface area (Å²) >= 11 is 0.904. The van der Waals surface area contributed by atoms with E-state index >= 15 is 0 Å². The molecule has 1 aliphatic carbocycles. The second-order valence-corrected chi connectivity index (χ2v) is 13.3. The van der Waals surface area contributed by atoms with Crippen molar-refractivity contribution in [3.8, 4) is 0 Å². The Hall–Kier alpha value is -1.62. The number of hydrogen-bond acceptors (Lipinski definition) is 6. The molecule has 0 amide bonds. The van der Waals surface area contributed by atoms with Crippen molar-refractivity contribution >= 4 is 42.8 Å². The zero-order valence-corrected chi connectivity index (χ0v) is 19.6. The molecule has 0 radical (unpaired) electrons. The zero-order chi connectivity index (χ0) is 21.6. The van der Waals surface area contributed by atoms with Gasteiger partial charge in [0.1, 0.15) is 4.21 Å². The van der Waals surface area contributed by atoms with Crippen molar-refractivity contribution < 1.29 is 16.8 Å². The van der Waals surface area contributed by atoms with Crippen LogP contribution in [0.3, 0.4) is 0 Å². The van der Waals surface area contributed by atoms with Gasteiger partial charge in [0.2, 0.25) is 0 Å². The number of piperidine rings is 1. The van der Waals surface area contributed by atoms with E-state index in [0.717, 1.165) is 47.3 Å². The summed E-state index contributed by atoms with van der Waals surface area (Å²) in [5.41, 5.74) is 1.90. The highest BCUT2D eigenvalue weighted by molar-refractivity contribution is 7.93. The minimum atomic E-state index is -3.91. The second kappa shape index (κ2) is 7.81. The fourth-order valence-corrected chi connectivity index (χ4v) is 8.06. The maximum absolute atomic E-state index is 13.0. The molecule has 0 unspecified atom stereocenters. The van der Waals surface area contributed by atoms with Crippen LogP contribution in [0.15, 0.2) is 44.8 Å². The normalized spacial score (nSPS) is 19.1. The van der Waals surface area contributed by atoms with Gasteiger partial charge in [-0.3, -0.25) is 4.72 Å². The fraction of sp³-hybridized carbons (Fsp3) is 0.500. The Bertz CT molecular complexity index is 1130. The lowest BCUT2D eigenvalue weighted by molar-refractivity contribution is 0.0955. The smallest absolute Gasteiger partial charge is 0.262 e. The van der Waals surface area contributed by atoms with E-state index in [1.807, 2.05) is 12.1 Å². The van der Waals surface area contributed by atoms with E-state index in [1.54, 1.807) is 12.1 Å². The number of thiophene rings is 1. The second-order valence-electron chi connectivity index (χ2n) is 8.35. The third kappa shape index (κ3) is 3.98. The molecule has 0 atom stereocenters. The molecule has 1 spiro atoms. The van der Waals surface area contributed by atoms with Gasteiger partial charge in [-0.05, 0) is 49.3 Å². The molecule has 1 aromatic heterocycles. The van der Waals surface area contributed by atoms with E-state index < -0.39 is 20.0 Å². The average molecular weight is 470 g/mol. The van der Waals surface area contributed by atoms with Crippen molar-refractivity contribution in [2.24, 2.45) is 5.41 Å². The van der Waals surface area contributed by atoms with E-state index in [9.17, 15) is 16.8 Å². The molecule has 0 bridgehead atoms. The first-order valence-corrected chi connectivity index (χ1v) is 13.8. The number of para-hydroxylation sites is 2. The Kier molecular flexibility index (Phi) is 5.63. The van der Waals surface area contributed by atoms with Crippen molar-refractivity contribution in [2.75, 3.05) is 36.8 Å². The molecule has 1 saturated carbocycles. The predicted molar refractivity (Wildman–Crippen MR) is 120 cm³/mol. The van der Waals surface area contributed by atoms with Gasteiger partial charge in [0.05, 0.1) is 16.3 Å². The summed E-state index contributed by atoms with van der Waals surface area (Å²) in [5, 5.41) is 1.36. The van der Waals surface area contributed by atoms with Crippen molar-refractivity contribution in [3.05, 3.63) is 35.7 Å². The number of rotatable bonds is 6. The third-order valence-electron chi connectivity index (χ3n) is 6.32. The molecule has 164 valence electrons. The maximum Gasteiger partial charge on any atom is 0.262 e. The van der Waals surface area contributed by atoms with E-state index in [0.29, 0.717) is 11.1 Å². The van der Waals surface area contributed by atoms with Crippen LogP contribution in [0.25, 0.3) is 0 Å². The first-order valence-electron chi connectivity index (χ1n) is 10.0. The van der Waals surface area contributed by atoms with Crippen molar-refractivity contribution in [1.82, 2.24) is 4.31 Å². The average Bonchev–Trinajstić information content (AvgIpc) is 3.19. The largest absolute Gasteiger partial charge is 0.370 e. The minimum Gasteiger partial charge on any atom is -0.370 e. The number of benzene rings is 1. The molecule has 1 N–H and O–H groups in total. The molecule has 2 fully saturated rings. The van der Waals surface area contributed by atoms with E-state index in [2.05, 4.69) is 9.62 Å². The molecule has 7 nitrogen and oxygen atoms in total. The minimum absolute atomic E-state index is 0.00277. The lowest BCUT2D eigenvalue weighted by Crippen LogP contribution is -2.43. The Balaban J connectivity index is 1.55. The molecule has 1 aliphatic heterocycles. The summed E-state index contributed by atoms with van der Waals surface area (Å²) in [5.74, 6) is 0. The number of sulfonamides is 2. The van der Waals surface area contributed by atoms with Gasteiger partial charge in [-0.1, -0.05) is 18.6 Å². The van der Waals surface area contributed by atoms with Gasteiger partial charge in [-0.25, -0.2) is 21.1 Å². The van der Waals surface area contributed by atoms with Crippen LogP contribution in [0.2, 0.25) is 0 Å². The van der Waals surface area contributed by atoms with Gasteiger partial charge >= 0.3 is 0 Å². The summed E-state index contributed by atoms with van der Waals surface area (Å²) in [4.78, 5) is 2.20. The first-order chi connectivity index (χ1) is 14.1. The molecule has 2 heterocycles. The lowest BCUT2D eigenvalue weighted by atomic mass is 9.63. The molecule has 1 aromatic carbocycles. The van der Waals surface area contributed by atoms with Gasteiger partial charge < -0.3 is 4.90 Å². The number of nitrogens with zero attached hydrogens (tertiary/aromatic N) is 2. The molecule has 2 aromatic rings. The fourth-order valence-electron chi connectivity index (χ4n) is 4.19. The van der Waals surface area contributed by atoms with Crippen LogP contribution in [-0.4, -0.2) is 48.3 Å². The number of hydrogen-bond donors (Lipinski definition) is 1. The number of anilines is 2. The Labute approximate surface area is 182 Å². The van der Waals surface area contributed by atoms with Gasteiger partial charge in [-0.15, -0.1) is 11.3 Å². The molecular weight excluding hydrogens is 442 g/mol. The Morgan fingerprint density at radius 1 is 1.03 bits per heavy atom. The third-order valence-corrected chi connectivity index (χ3v) is 11.0. The highest BCUT2D eigenvalue weighted by Gasteiger charge is 2.39. The molecular formula is C20H27N3O4S3. The molecule has 1 saturated heterocycles. The molecule has 4 rings (SSSR count). The van der Waals surface area contributed by atoms with Crippen LogP contribution in [0.5, 0.6) is 0 Å². The van der Waals surface area contributed by atoms with Gasteiger partial charge in [0, 0.05) is 32.6 Å². The predicted octanol–water partition coefficient (Wildman–Crippen LogP) is 3.57. The SMILES string of the molecule is CN(C)S(=O)(=O)c1cc(S(=O)(=O)Nc2ccccc2N2CCC3(CCC3)CC2)cs1. The highest BCUT2D eigenvalue weighted by Crippen LogP contribution is 2.49. The van der Waals surface area contributed by atoms with Gasteiger partial charge in [-0.2, -0.15) is 0 Å². The summed E-state index contributed by atoms with van der Waals surface area (Å²) in [7, 11) is -4.74. The van der Waals surface area contributed by atoms with Crippen LogP contribution in [-0.2, 0) is 20.0 Å². The van der Waals surface area contributed by atoms with E-state index in [4.69, 9.17) is 0 Å². The van der Waals surface area contributed by atoms with Gasteiger partial charge in [0.25, 0.3) is 20.0 Å². The summed E-state index contributed by atoms with van der Waals surface area (Å²) < 4.78 is 54.3. The van der Waals surface area contributed by atoms with Gasteiger partial charge in [0.15, 0.2) is 0 Å². The van der Waals surface area contributed by atoms with Crippen LogP contribution in [0, 0.1) is 5.41 Å². The number of nitrogens with one attached hydrogen (secondary N) is 1. The van der Waals surface area contributed by atoms with Crippen molar-refractivity contribution in [3.63, 3.8) is 0 Å². The van der Waals surface area contributed by atoms with Crippen LogP contribution >= 0.6 is 11.3 Å². The van der Waals surface area contributed by atoms with Crippen LogP contribution < -0.4 is 9.62 Å². The Morgan fingerprint density at radius 2 is 1.70 bits per heavy atom. The summed E-state index contributed by atoms with van der Waals surface area (Å²) in [6.07, 6.45) is 6.23. The maximum atomic E-state index is 13.0. The quantitative estimate of drug-likeness (QED) is 0.699. The zero-order valence-electron chi connectivity index (χ0n) is 17.2. The lowest BCUT2D eigenvalue weighted by Gasteiger charge is -2.48. The van der Waals surface area contributed by atoms with Crippen LogP contribution in [0.4, 0.5) is 11.4 Å². The van der Waals surface area contributed by atoms with Crippen molar-refractivity contribution in [1.29, 1.82) is 0 Å². The summed E-state index contributed by atoms with van der Waals surface area (Å²) in [6, 6.07) is 8.62. The van der Waals surface area contributed by atoms with E-state index in [1.165, 1.54) is 44.8 Å². The topological polar surface area (TPSA) is 86.8 Å². The highest BCUT2D eigenvalue weighted by atomic mass is 32.2. The molecule has 30 heavy (non-hydrogen) atoms. The van der Waals surface area contributed by atoms with Crippen molar-refractivity contribution in [2.45, 2.75) is 41.2 Å². The molecule has 10 heteroatoms. The van der Waals surface area contributed by atoms with Crippen LogP contribution in [0.1, 0.15) is 32.1 Å². The first kappa shape index (κ1) is 21.6. The van der Waals surface area contributed by atoms with E-state index in [-0.39, 0.29) is 9.10 Å².